The normalized spacial score (nSPS) is 32.9. The molecule has 1 aromatic rings. The van der Waals surface area contributed by atoms with Crippen LogP contribution in [0.2, 0.25) is 0 Å². The second-order valence-electron chi connectivity index (χ2n) is 4.74. The standard InChI is InChI=1S/C13H16N2O/c1-2-11-6-9-15(8-1)10-12(11)3-4-13-5-7-14-16-13/h5,7,11-12H,1-2,6,8-10H2. The largest absolute Gasteiger partial charge is 0.348 e. The molecule has 0 saturated carbocycles. The number of piperidine rings is 1. The monoisotopic (exact) mass is 216 g/mol. The average molecular weight is 216 g/mol. The van der Waals surface area contributed by atoms with Gasteiger partial charge in [-0.3, -0.25) is 0 Å². The Morgan fingerprint density at radius 2 is 2.38 bits per heavy atom. The zero-order valence-electron chi connectivity index (χ0n) is 9.35. The Kier molecular flexibility index (Phi) is 2.67. The van der Waals surface area contributed by atoms with Gasteiger partial charge in [-0.2, -0.15) is 0 Å². The molecule has 1 aromatic heterocycles. The van der Waals surface area contributed by atoms with Crippen molar-refractivity contribution in [2.75, 3.05) is 19.6 Å². The van der Waals surface area contributed by atoms with Crippen molar-refractivity contribution in [2.45, 2.75) is 19.3 Å². The second kappa shape index (κ2) is 4.31. The van der Waals surface area contributed by atoms with Crippen molar-refractivity contribution >= 4 is 0 Å². The first-order valence-electron chi connectivity index (χ1n) is 6.06. The number of hydrogen-bond donors (Lipinski definition) is 0. The van der Waals surface area contributed by atoms with Crippen LogP contribution in [0.15, 0.2) is 16.8 Å². The van der Waals surface area contributed by atoms with E-state index in [1.54, 1.807) is 6.20 Å². The molecule has 3 aliphatic rings. The van der Waals surface area contributed by atoms with Gasteiger partial charge in [0.05, 0.1) is 6.20 Å². The third kappa shape index (κ3) is 1.98. The van der Waals surface area contributed by atoms with Gasteiger partial charge in [0.25, 0.3) is 0 Å². The summed E-state index contributed by atoms with van der Waals surface area (Å²) < 4.78 is 5.00. The summed E-state index contributed by atoms with van der Waals surface area (Å²) in [5.41, 5.74) is 0. The number of fused-ring (bicyclic) bond motifs is 4. The SMILES string of the molecule is C(#CC1CN2CCCC1CC2)c1ccno1. The van der Waals surface area contributed by atoms with Crippen molar-refractivity contribution in [1.29, 1.82) is 0 Å². The van der Waals surface area contributed by atoms with E-state index in [9.17, 15) is 0 Å². The van der Waals surface area contributed by atoms with E-state index >= 15 is 0 Å². The fourth-order valence-electron chi connectivity index (χ4n) is 2.80. The molecule has 0 aromatic carbocycles. The molecule has 16 heavy (non-hydrogen) atoms. The summed E-state index contributed by atoms with van der Waals surface area (Å²) in [6.45, 7) is 3.67. The molecule has 3 heteroatoms. The Bertz CT molecular complexity index is 397. The van der Waals surface area contributed by atoms with E-state index in [2.05, 4.69) is 21.9 Å². The van der Waals surface area contributed by atoms with Crippen LogP contribution in [0.3, 0.4) is 0 Å². The Balaban J connectivity index is 1.75. The van der Waals surface area contributed by atoms with Gasteiger partial charge in [-0.15, -0.1) is 0 Å². The Morgan fingerprint density at radius 3 is 3.25 bits per heavy atom. The highest BCUT2D eigenvalue weighted by molar-refractivity contribution is 5.24. The topological polar surface area (TPSA) is 29.3 Å². The van der Waals surface area contributed by atoms with Gasteiger partial charge >= 0.3 is 0 Å². The minimum atomic E-state index is 0.529. The van der Waals surface area contributed by atoms with Crippen LogP contribution in [0.4, 0.5) is 0 Å². The molecule has 4 rings (SSSR count). The minimum absolute atomic E-state index is 0.529. The Hall–Kier alpha value is -1.27. The van der Waals surface area contributed by atoms with Crippen LogP contribution < -0.4 is 0 Å². The molecule has 0 N–H and O–H groups in total. The van der Waals surface area contributed by atoms with Crippen LogP contribution in [-0.4, -0.2) is 29.7 Å². The maximum atomic E-state index is 5.00. The van der Waals surface area contributed by atoms with Crippen molar-refractivity contribution in [3.8, 4) is 11.8 Å². The van der Waals surface area contributed by atoms with Crippen molar-refractivity contribution in [2.24, 2.45) is 11.8 Å². The van der Waals surface area contributed by atoms with E-state index in [-0.39, 0.29) is 0 Å². The summed E-state index contributed by atoms with van der Waals surface area (Å²) in [4.78, 5) is 2.54. The summed E-state index contributed by atoms with van der Waals surface area (Å²) >= 11 is 0. The Morgan fingerprint density at radius 1 is 1.38 bits per heavy atom. The molecule has 3 aliphatic heterocycles. The molecular weight excluding hydrogens is 200 g/mol. The van der Waals surface area contributed by atoms with E-state index in [0.717, 1.165) is 12.5 Å². The highest BCUT2D eigenvalue weighted by Crippen LogP contribution is 2.31. The van der Waals surface area contributed by atoms with Crippen molar-refractivity contribution in [1.82, 2.24) is 10.1 Å². The molecule has 2 bridgehead atoms. The zero-order valence-corrected chi connectivity index (χ0v) is 9.35. The number of rotatable bonds is 0. The highest BCUT2D eigenvalue weighted by atomic mass is 16.5. The molecule has 0 aliphatic carbocycles. The first-order valence-corrected chi connectivity index (χ1v) is 6.06. The van der Waals surface area contributed by atoms with Crippen LogP contribution in [0.5, 0.6) is 0 Å². The minimum Gasteiger partial charge on any atom is -0.348 e. The van der Waals surface area contributed by atoms with Gasteiger partial charge in [-0.25, -0.2) is 0 Å². The van der Waals surface area contributed by atoms with E-state index in [1.807, 2.05) is 6.07 Å². The molecular formula is C13H16N2O. The molecule has 3 nitrogen and oxygen atoms in total. The van der Waals surface area contributed by atoms with Crippen molar-refractivity contribution < 1.29 is 4.52 Å². The lowest BCUT2D eigenvalue weighted by Gasteiger charge is -2.31. The van der Waals surface area contributed by atoms with Crippen LogP contribution in [0, 0.1) is 23.7 Å². The van der Waals surface area contributed by atoms with Crippen LogP contribution in [0.25, 0.3) is 0 Å². The fourth-order valence-corrected chi connectivity index (χ4v) is 2.80. The molecule has 3 unspecified atom stereocenters. The number of aromatic nitrogens is 1. The maximum absolute atomic E-state index is 5.00. The lowest BCUT2D eigenvalue weighted by atomic mass is 9.85. The first-order chi connectivity index (χ1) is 7.92. The van der Waals surface area contributed by atoms with Crippen LogP contribution in [0.1, 0.15) is 25.0 Å². The third-order valence-electron chi connectivity index (χ3n) is 3.71. The molecule has 4 heterocycles. The average Bonchev–Trinajstić information content (AvgIpc) is 2.63. The lowest BCUT2D eigenvalue weighted by molar-refractivity contribution is 0.187. The van der Waals surface area contributed by atoms with Gasteiger partial charge in [0.15, 0.2) is 0 Å². The third-order valence-corrected chi connectivity index (χ3v) is 3.71. The first kappa shape index (κ1) is 9.92. The van der Waals surface area contributed by atoms with Gasteiger partial charge in [0.1, 0.15) is 0 Å². The van der Waals surface area contributed by atoms with Gasteiger partial charge in [-0.1, -0.05) is 11.1 Å². The van der Waals surface area contributed by atoms with Gasteiger partial charge in [0, 0.05) is 18.5 Å². The predicted molar refractivity (Wildman–Crippen MR) is 60.7 cm³/mol. The number of nitrogens with zero attached hydrogens (tertiary/aromatic N) is 2. The molecule has 3 atom stereocenters. The summed E-state index contributed by atoms with van der Waals surface area (Å²) in [5, 5.41) is 3.66. The van der Waals surface area contributed by atoms with Gasteiger partial charge in [-0.05, 0) is 44.2 Å². The van der Waals surface area contributed by atoms with Crippen LogP contribution >= 0.6 is 0 Å². The van der Waals surface area contributed by atoms with Crippen molar-refractivity contribution in [3.05, 3.63) is 18.0 Å². The molecule has 3 fully saturated rings. The quantitative estimate of drug-likeness (QED) is 0.619. The Labute approximate surface area is 95.8 Å². The summed E-state index contributed by atoms with van der Waals surface area (Å²) in [7, 11) is 0. The lowest BCUT2D eigenvalue weighted by Crippen LogP contribution is -2.36. The predicted octanol–water partition coefficient (Wildman–Crippen LogP) is 1.76. The maximum Gasteiger partial charge on any atom is 0.209 e. The molecule has 3 saturated heterocycles. The number of hydrogen-bond acceptors (Lipinski definition) is 3. The summed E-state index contributed by atoms with van der Waals surface area (Å²) in [6.07, 6.45) is 5.64. The van der Waals surface area contributed by atoms with Gasteiger partial charge < -0.3 is 9.42 Å². The zero-order chi connectivity index (χ0) is 10.8. The van der Waals surface area contributed by atoms with E-state index < -0.39 is 0 Å². The molecule has 0 radical (unpaired) electrons. The summed E-state index contributed by atoms with van der Waals surface area (Å²) in [6, 6.07) is 1.82. The van der Waals surface area contributed by atoms with E-state index in [1.165, 1.54) is 32.4 Å². The van der Waals surface area contributed by atoms with Crippen LogP contribution in [-0.2, 0) is 0 Å². The highest BCUT2D eigenvalue weighted by Gasteiger charge is 2.30. The van der Waals surface area contributed by atoms with E-state index in [4.69, 9.17) is 4.52 Å². The molecule has 84 valence electrons. The van der Waals surface area contributed by atoms with Gasteiger partial charge in [0.2, 0.25) is 5.76 Å². The van der Waals surface area contributed by atoms with Crippen molar-refractivity contribution in [3.63, 3.8) is 0 Å². The smallest absolute Gasteiger partial charge is 0.209 e. The summed E-state index contributed by atoms with van der Waals surface area (Å²) in [5.74, 6) is 8.49. The fraction of sp³-hybridized carbons (Fsp3) is 0.615. The van der Waals surface area contributed by atoms with E-state index in [0.29, 0.717) is 11.7 Å². The molecule has 0 spiro atoms. The molecule has 0 amide bonds. The second-order valence-corrected chi connectivity index (χ2v) is 4.74.